The van der Waals surface area contributed by atoms with E-state index in [2.05, 4.69) is 18.3 Å². The normalized spacial score (nSPS) is 17.0. The first kappa shape index (κ1) is 14.8. The third-order valence-corrected chi connectivity index (χ3v) is 4.53. The van der Waals surface area contributed by atoms with Gasteiger partial charge in [-0.2, -0.15) is 0 Å². The summed E-state index contributed by atoms with van der Waals surface area (Å²) in [5.74, 6) is -0.0164. The maximum absolute atomic E-state index is 12.3. The topological polar surface area (TPSA) is 49.3 Å². The molecule has 2 N–H and O–H groups in total. The summed E-state index contributed by atoms with van der Waals surface area (Å²) >= 11 is 0. The smallest absolute Gasteiger partial charge is 0.234 e. The van der Waals surface area contributed by atoms with Crippen molar-refractivity contribution >= 4 is 11.6 Å². The Morgan fingerprint density at radius 2 is 1.86 bits per heavy atom. The fourth-order valence-corrected chi connectivity index (χ4v) is 2.99. The number of fused-ring (bicyclic) bond motifs is 1. The average molecular weight is 295 g/mol. The Morgan fingerprint density at radius 1 is 1.18 bits per heavy atom. The van der Waals surface area contributed by atoms with Gasteiger partial charge in [-0.25, -0.2) is 0 Å². The van der Waals surface area contributed by atoms with Gasteiger partial charge in [0.1, 0.15) is 6.10 Å². The van der Waals surface area contributed by atoms with Gasteiger partial charge in [-0.3, -0.25) is 4.79 Å². The van der Waals surface area contributed by atoms with Gasteiger partial charge in [0.2, 0.25) is 5.91 Å². The van der Waals surface area contributed by atoms with Crippen LogP contribution in [0.25, 0.3) is 0 Å². The molecule has 0 aliphatic carbocycles. The Balaban J connectivity index is 2.17. The number of benzene rings is 2. The predicted molar refractivity (Wildman–Crippen MR) is 88.0 cm³/mol. The fourth-order valence-electron chi connectivity index (χ4n) is 2.99. The van der Waals surface area contributed by atoms with Crippen LogP contribution in [0, 0.1) is 0 Å². The number of hydrogen-bond donors (Lipinski definition) is 2. The lowest BCUT2D eigenvalue weighted by molar-refractivity contribution is -0.119. The van der Waals surface area contributed by atoms with E-state index in [4.69, 9.17) is 0 Å². The van der Waals surface area contributed by atoms with Gasteiger partial charge in [0.25, 0.3) is 0 Å². The number of aliphatic hydroxyl groups excluding tert-OH is 1. The molecule has 0 radical (unpaired) electrons. The Bertz CT molecular complexity index is 720. The largest absolute Gasteiger partial charge is 0.384 e. The van der Waals surface area contributed by atoms with E-state index in [1.807, 2.05) is 50.2 Å². The zero-order chi connectivity index (χ0) is 15.9. The first-order chi connectivity index (χ1) is 10.4. The van der Waals surface area contributed by atoms with Gasteiger partial charge >= 0.3 is 0 Å². The molecule has 0 spiro atoms. The van der Waals surface area contributed by atoms with Crippen molar-refractivity contribution in [2.75, 3.05) is 5.32 Å². The molecule has 0 fully saturated rings. The highest BCUT2D eigenvalue weighted by molar-refractivity contribution is 6.06. The lowest BCUT2D eigenvalue weighted by atomic mass is 9.83. The van der Waals surface area contributed by atoms with Crippen LogP contribution in [0.5, 0.6) is 0 Å². The second-order valence-corrected chi connectivity index (χ2v) is 6.35. The molecule has 2 aromatic carbocycles. The van der Waals surface area contributed by atoms with E-state index in [9.17, 15) is 9.90 Å². The van der Waals surface area contributed by atoms with Gasteiger partial charge in [0.15, 0.2) is 0 Å². The van der Waals surface area contributed by atoms with Gasteiger partial charge in [-0.15, -0.1) is 0 Å². The van der Waals surface area contributed by atoms with Crippen molar-refractivity contribution in [1.29, 1.82) is 0 Å². The number of amides is 1. The highest BCUT2D eigenvalue weighted by Crippen LogP contribution is 2.43. The van der Waals surface area contributed by atoms with E-state index in [1.54, 1.807) is 0 Å². The number of carbonyl (C=O) groups is 1. The number of rotatable bonds is 3. The van der Waals surface area contributed by atoms with Gasteiger partial charge in [-0.1, -0.05) is 49.4 Å². The molecule has 3 nitrogen and oxygen atoms in total. The number of aliphatic hydroxyl groups is 1. The van der Waals surface area contributed by atoms with E-state index in [0.717, 1.165) is 34.4 Å². The molecule has 1 unspecified atom stereocenters. The SMILES string of the molecule is CCc1cc(C(O)c2ccccc2)c2c(c1)C(C)(C)C(=O)N2. The van der Waals surface area contributed by atoms with Crippen molar-refractivity contribution < 1.29 is 9.90 Å². The fraction of sp³-hybridized carbons (Fsp3) is 0.316. The van der Waals surface area contributed by atoms with Crippen molar-refractivity contribution in [2.24, 2.45) is 0 Å². The quantitative estimate of drug-likeness (QED) is 0.909. The van der Waals surface area contributed by atoms with Crippen molar-refractivity contribution in [3.63, 3.8) is 0 Å². The first-order valence-corrected chi connectivity index (χ1v) is 7.67. The van der Waals surface area contributed by atoms with Crippen LogP contribution in [0.4, 0.5) is 5.69 Å². The molecule has 2 aromatic rings. The maximum Gasteiger partial charge on any atom is 0.234 e. The summed E-state index contributed by atoms with van der Waals surface area (Å²) in [6, 6.07) is 13.6. The molecule has 0 saturated heterocycles. The molecule has 3 heteroatoms. The lowest BCUT2D eigenvalue weighted by Gasteiger charge is -2.19. The second kappa shape index (κ2) is 5.25. The van der Waals surface area contributed by atoms with Crippen LogP contribution in [0.2, 0.25) is 0 Å². The summed E-state index contributed by atoms with van der Waals surface area (Å²) in [5, 5.41) is 13.7. The standard InChI is InChI=1S/C19H21NO2/c1-4-12-10-14(17(21)13-8-6-5-7-9-13)16-15(11-12)19(2,3)18(22)20-16/h5-11,17,21H,4H2,1-3H3,(H,20,22). The molecule has 1 aliphatic heterocycles. The average Bonchev–Trinajstić information content (AvgIpc) is 2.76. The van der Waals surface area contributed by atoms with Crippen molar-refractivity contribution in [2.45, 2.75) is 38.7 Å². The molecule has 0 bridgehead atoms. The van der Waals surface area contributed by atoms with Gasteiger partial charge < -0.3 is 10.4 Å². The summed E-state index contributed by atoms with van der Waals surface area (Å²) in [5.41, 5.74) is 3.92. The maximum atomic E-state index is 12.3. The molecule has 0 saturated carbocycles. The Labute approximate surface area is 131 Å². The predicted octanol–water partition coefficient (Wildman–Crippen LogP) is 3.56. The van der Waals surface area contributed by atoms with E-state index >= 15 is 0 Å². The van der Waals surface area contributed by atoms with Crippen LogP contribution in [0.3, 0.4) is 0 Å². The van der Waals surface area contributed by atoms with Gasteiger partial charge in [0.05, 0.1) is 11.1 Å². The molecule has 1 atom stereocenters. The summed E-state index contributed by atoms with van der Waals surface area (Å²) in [4.78, 5) is 12.3. The highest BCUT2D eigenvalue weighted by Gasteiger charge is 2.40. The van der Waals surface area contributed by atoms with E-state index in [-0.39, 0.29) is 5.91 Å². The lowest BCUT2D eigenvalue weighted by Crippen LogP contribution is -2.26. The van der Waals surface area contributed by atoms with Crippen LogP contribution in [0.15, 0.2) is 42.5 Å². The van der Waals surface area contributed by atoms with Crippen molar-refractivity contribution in [3.8, 4) is 0 Å². The molecular weight excluding hydrogens is 274 g/mol. The minimum absolute atomic E-state index is 0.0164. The van der Waals surface area contributed by atoms with E-state index in [1.165, 1.54) is 0 Å². The van der Waals surface area contributed by atoms with Gasteiger partial charge in [-0.05, 0) is 37.0 Å². The van der Waals surface area contributed by atoms with Crippen LogP contribution in [0.1, 0.15) is 49.1 Å². The van der Waals surface area contributed by atoms with E-state index < -0.39 is 11.5 Å². The zero-order valence-corrected chi connectivity index (χ0v) is 13.2. The molecule has 1 aliphatic rings. The minimum Gasteiger partial charge on any atom is -0.384 e. The minimum atomic E-state index is -0.740. The molecule has 3 rings (SSSR count). The van der Waals surface area contributed by atoms with Crippen LogP contribution in [-0.2, 0) is 16.6 Å². The van der Waals surface area contributed by atoms with Crippen LogP contribution >= 0.6 is 0 Å². The summed E-state index contributed by atoms with van der Waals surface area (Å²) in [6.45, 7) is 5.93. The molecule has 22 heavy (non-hydrogen) atoms. The van der Waals surface area contributed by atoms with E-state index in [0.29, 0.717) is 0 Å². The summed E-state index contributed by atoms with van der Waals surface area (Å²) in [7, 11) is 0. The number of carbonyl (C=O) groups excluding carboxylic acids is 1. The summed E-state index contributed by atoms with van der Waals surface area (Å²) < 4.78 is 0. The number of nitrogens with one attached hydrogen (secondary N) is 1. The second-order valence-electron chi connectivity index (χ2n) is 6.35. The Hall–Kier alpha value is -2.13. The van der Waals surface area contributed by atoms with Crippen LogP contribution < -0.4 is 5.32 Å². The van der Waals surface area contributed by atoms with Crippen molar-refractivity contribution in [3.05, 3.63) is 64.7 Å². The van der Waals surface area contributed by atoms with Crippen LogP contribution in [-0.4, -0.2) is 11.0 Å². The molecule has 1 heterocycles. The number of aryl methyl sites for hydroxylation is 1. The molecule has 0 aromatic heterocycles. The highest BCUT2D eigenvalue weighted by atomic mass is 16.3. The van der Waals surface area contributed by atoms with Gasteiger partial charge in [0, 0.05) is 5.56 Å². The third kappa shape index (κ3) is 2.22. The molecule has 114 valence electrons. The first-order valence-electron chi connectivity index (χ1n) is 7.67. The molecular formula is C19H21NO2. The zero-order valence-electron chi connectivity index (χ0n) is 13.2. The monoisotopic (exact) mass is 295 g/mol. The third-order valence-electron chi connectivity index (χ3n) is 4.53. The number of hydrogen-bond acceptors (Lipinski definition) is 2. The molecule has 1 amide bonds. The summed E-state index contributed by atoms with van der Waals surface area (Å²) in [6.07, 6.45) is 0.127. The number of anilines is 1. The Morgan fingerprint density at radius 3 is 2.50 bits per heavy atom. The van der Waals surface area contributed by atoms with Crippen molar-refractivity contribution in [1.82, 2.24) is 0 Å². The Kier molecular flexibility index (Phi) is 3.53.